The van der Waals surface area contributed by atoms with Crippen LogP contribution in [0.4, 0.5) is 14.0 Å². The molecule has 1 heterocycles. The maximum atomic E-state index is 15.8. The minimum atomic E-state index is -2.05. The van der Waals surface area contributed by atoms with Gasteiger partial charge < -0.3 is 30.5 Å². The molecule has 0 saturated heterocycles. The highest BCUT2D eigenvalue weighted by Gasteiger charge is 2.64. The maximum Gasteiger partial charge on any atom is 0.420 e. The second-order valence-corrected chi connectivity index (χ2v) is 13.7. The third kappa shape index (κ3) is 6.32. The van der Waals surface area contributed by atoms with Gasteiger partial charge in [0, 0.05) is 23.1 Å². The quantitative estimate of drug-likeness (QED) is 0.227. The van der Waals surface area contributed by atoms with E-state index < -0.39 is 40.7 Å². The number of nitrogens with zero attached hydrogens (tertiary/aromatic N) is 3. The lowest BCUT2D eigenvalue weighted by Gasteiger charge is -2.56. The predicted molar refractivity (Wildman–Crippen MR) is 164 cm³/mol. The number of rotatable bonds is 7. The Kier molecular flexibility index (Phi) is 8.94. The first-order chi connectivity index (χ1) is 20.8. The highest BCUT2D eigenvalue weighted by Crippen LogP contribution is 2.48. The molecular formula is C31H34Cl2FN5O6. The summed E-state index contributed by atoms with van der Waals surface area (Å²) in [6.45, 7) is 9.45. The summed E-state index contributed by atoms with van der Waals surface area (Å²) in [6.07, 6.45) is -1.60. The first-order valence-electron chi connectivity index (χ1n) is 14.1. The number of carboxylic acid groups (broad SMARTS) is 2. The van der Waals surface area contributed by atoms with Crippen molar-refractivity contribution in [3.05, 3.63) is 68.7 Å². The molecule has 0 radical (unpaired) electrons. The number of nitriles is 1. The number of hydrogen-bond acceptors (Lipinski definition) is 7. The summed E-state index contributed by atoms with van der Waals surface area (Å²) in [6, 6.07) is 9.85. The van der Waals surface area contributed by atoms with Gasteiger partial charge in [-0.05, 0) is 69.4 Å². The molecule has 2 aromatic carbocycles. The normalized spacial score (nSPS) is 18.3. The van der Waals surface area contributed by atoms with Crippen molar-refractivity contribution in [3.8, 4) is 17.6 Å². The molecule has 4 rings (SSSR count). The third-order valence-corrected chi connectivity index (χ3v) is 8.14. The van der Waals surface area contributed by atoms with E-state index >= 15 is 4.39 Å². The van der Waals surface area contributed by atoms with Gasteiger partial charge in [-0.2, -0.15) is 10.2 Å². The Hall–Kier alpha value is -4.21. The largest absolute Gasteiger partial charge is 0.464 e. The molecule has 2 aliphatic rings. The minimum Gasteiger partial charge on any atom is -0.464 e. The van der Waals surface area contributed by atoms with Crippen LogP contribution in [0.25, 0.3) is 0 Å². The average Bonchev–Trinajstić information content (AvgIpc) is 3.71. The topological polar surface area (TPSA) is 155 Å². The maximum absolute atomic E-state index is 15.8. The van der Waals surface area contributed by atoms with E-state index in [1.807, 2.05) is 0 Å². The van der Waals surface area contributed by atoms with Crippen LogP contribution in [0.2, 0.25) is 5.02 Å². The first kappa shape index (κ1) is 33.7. The molecule has 14 heteroatoms. The number of amides is 3. The third-order valence-electron chi connectivity index (χ3n) is 7.57. The highest BCUT2D eigenvalue weighted by molar-refractivity contribution is 6.32. The molecule has 4 N–H and O–H groups in total. The molecule has 1 aliphatic carbocycles. The Morgan fingerprint density at radius 2 is 1.76 bits per heavy atom. The second-order valence-electron chi connectivity index (χ2n) is 12.9. The van der Waals surface area contributed by atoms with Crippen LogP contribution in [0.3, 0.4) is 0 Å². The fourth-order valence-electron chi connectivity index (χ4n) is 5.50. The monoisotopic (exact) mass is 661 g/mol. The minimum absolute atomic E-state index is 0.00590. The molecular weight excluding hydrogens is 628 g/mol. The van der Waals surface area contributed by atoms with Crippen molar-refractivity contribution in [2.75, 3.05) is 0 Å². The van der Waals surface area contributed by atoms with Gasteiger partial charge in [-0.3, -0.25) is 4.79 Å². The standard InChI is InChI=1S/C31H34Cl2FN5O6/c1-29(2,3)31(38(27(41)42)28(43)44)37-25(33)23(39(31)30(4,5)6)26(40)36-15-18-9-10-21(32)24(22(18)34)45-20-12-16(14-35)11-19(13-20)17-7-8-17/h9-13,17,37H,7-8,15H2,1-6H3,(H,36,40)(H,41,42)(H,43,44). The summed E-state index contributed by atoms with van der Waals surface area (Å²) < 4.78 is 21.6. The molecule has 1 saturated carbocycles. The Morgan fingerprint density at radius 3 is 2.27 bits per heavy atom. The summed E-state index contributed by atoms with van der Waals surface area (Å²) in [5, 5.41) is 34.4. The van der Waals surface area contributed by atoms with E-state index in [9.17, 15) is 29.9 Å². The lowest BCUT2D eigenvalue weighted by molar-refractivity contribution is -0.137. The van der Waals surface area contributed by atoms with Crippen LogP contribution in [-0.2, 0) is 11.3 Å². The lowest BCUT2D eigenvalue weighted by Crippen LogP contribution is -2.76. The Morgan fingerprint density at radius 1 is 1.13 bits per heavy atom. The summed E-state index contributed by atoms with van der Waals surface area (Å²) >= 11 is 12.8. The number of carbonyl (C=O) groups excluding carboxylic acids is 1. The van der Waals surface area contributed by atoms with E-state index in [1.165, 1.54) is 23.1 Å². The summed E-state index contributed by atoms with van der Waals surface area (Å²) in [4.78, 5) is 39.8. The van der Waals surface area contributed by atoms with Crippen molar-refractivity contribution in [2.45, 2.75) is 78.2 Å². The van der Waals surface area contributed by atoms with Gasteiger partial charge in [-0.1, -0.05) is 50.0 Å². The number of halogens is 3. The van der Waals surface area contributed by atoms with Crippen molar-refractivity contribution in [2.24, 2.45) is 5.41 Å². The summed E-state index contributed by atoms with van der Waals surface area (Å²) in [5.74, 6) is -3.44. The number of benzene rings is 2. The van der Waals surface area contributed by atoms with Gasteiger partial charge in [0.05, 0.1) is 16.7 Å². The van der Waals surface area contributed by atoms with Crippen molar-refractivity contribution in [1.29, 1.82) is 5.26 Å². The van der Waals surface area contributed by atoms with E-state index in [4.69, 9.17) is 27.9 Å². The second kappa shape index (κ2) is 11.9. The molecule has 45 heavy (non-hydrogen) atoms. The average molecular weight is 663 g/mol. The molecule has 1 unspecified atom stereocenters. The molecule has 3 amide bonds. The van der Waals surface area contributed by atoms with Gasteiger partial charge in [0.15, 0.2) is 11.6 Å². The number of nitrogens with one attached hydrogen (secondary N) is 2. The molecule has 1 atom stereocenters. The molecule has 1 fully saturated rings. The van der Waals surface area contributed by atoms with Crippen LogP contribution in [0.5, 0.6) is 11.5 Å². The smallest absolute Gasteiger partial charge is 0.420 e. The van der Waals surface area contributed by atoms with Crippen LogP contribution in [-0.4, -0.2) is 49.4 Å². The Balaban J connectivity index is 1.66. The predicted octanol–water partition coefficient (Wildman–Crippen LogP) is 7.11. The van der Waals surface area contributed by atoms with Gasteiger partial charge >= 0.3 is 12.2 Å². The van der Waals surface area contributed by atoms with Gasteiger partial charge in [0.2, 0.25) is 5.79 Å². The van der Waals surface area contributed by atoms with Crippen molar-refractivity contribution < 1.29 is 33.7 Å². The molecule has 11 nitrogen and oxygen atoms in total. The summed E-state index contributed by atoms with van der Waals surface area (Å²) in [7, 11) is 0. The zero-order chi connectivity index (χ0) is 33.6. The zero-order valence-electron chi connectivity index (χ0n) is 25.6. The number of hydrogen-bond donors (Lipinski definition) is 4. The number of carbonyl (C=O) groups is 3. The molecule has 0 bridgehead atoms. The van der Waals surface area contributed by atoms with Gasteiger partial charge in [0.25, 0.3) is 5.91 Å². The Bertz CT molecular complexity index is 1630. The van der Waals surface area contributed by atoms with E-state index in [2.05, 4.69) is 16.7 Å². The fraction of sp³-hybridized carbons (Fsp3) is 0.419. The molecule has 0 spiro atoms. The molecule has 0 aromatic heterocycles. The van der Waals surface area contributed by atoms with Crippen LogP contribution >= 0.6 is 23.2 Å². The Labute approximate surface area is 270 Å². The number of ether oxygens (including phenoxy) is 1. The van der Waals surface area contributed by atoms with E-state index in [0.29, 0.717) is 11.5 Å². The van der Waals surface area contributed by atoms with Crippen molar-refractivity contribution in [3.63, 3.8) is 0 Å². The van der Waals surface area contributed by atoms with Crippen molar-refractivity contribution in [1.82, 2.24) is 20.4 Å². The van der Waals surface area contributed by atoms with Gasteiger partial charge in [0.1, 0.15) is 16.6 Å². The van der Waals surface area contributed by atoms with E-state index in [-0.39, 0.29) is 44.4 Å². The van der Waals surface area contributed by atoms with Crippen LogP contribution in [0.1, 0.15) is 77.0 Å². The van der Waals surface area contributed by atoms with Crippen LogP contribution in [0.15, 0.2) is 41.2 Å². The molecule has 1 aliphatic heterocycles. The molecule has 2 aromatic rings. The first-order valence-corrected chi connectivity index (χ1v) is 14.8. The van der Waals surface area contributed by atoms with Gasteiger partial charge in [-0.25, -0.2) is 14.0 Å². The van der Waals surface area contributed by atoms with Crippen molar-refractivity contribution >= 4 is 41.3 Å². The highest BCUT2D eigenvalue weighted by atomic mass is 35.5. The van der Waals surface area contributed by atoms with E-state index in [0.717, 1.165) is 18.4 Å². The van der Waals surface area contributed by atoms with Crippen LogP contribution < -0.4 is 15.4 Å². The zero-order valence-corrected chi connectivity index (χ0v) is 27.1. The lowest BCUT2D eigenvalue weighted by atomic mass is 9.82. The van der Waals surface area contributed by atoms with Crippen LogP contribution in [0, 0.1) is 22.6 Å². The summed E-state index contributed by atoms with van der Waals surface area (Å²) in [5.41, 5.74) is -1.18. The van der Waals surface area contributed by atoms with E-state index in [1.54, 1.807) is 53.7 Å². The SMILES string of the molecule is CC(C)(C)N1C(C(=O)NCc2ccc(Cl)c(Oc3cc(C#N)cc(C4CC4)c3)c2F)=C(Cl)NC1(N(C(=O)O)C(=O)O)C(C)(C)C. The fourth-order valence-corrected chi connectivity index (χ4v) is 5.99. The van der Waals surface area contributed by atoms with Gasteiger partial charge in [-0.15, -0.1) is 0 Å². The molecule has 240 valence electrons. The number of imide groups is 1.